The zero-order valence-electron chi connectivity index (χ0n) is 12.5. The van der Waals surface area contributed by atoms with Gasteiger partial charge in [-0.2, -0.15) is 0 Å². The maximum atomic E-state index is 12.4. The van der Waals surface area contributed by atoms with E-state index in [1.54, 1.807) is 7.05 Å². The summed E-state index contributed by atoms with van der Waals surface area (Å²) in [5, 5.41) is 14.9. The van der Waals surface area contributed by atoms with E-state index in [-0.39, 0.29) is 21.8 Å². The van der Waals surface area contributed by atoms with E-state index in [4.69, 9.17) is 12.2 Å². The number of aromatic amines is 2. The number of fused-ring (bicyclic) bond motifs is 3. The van der Waals surface area contributed by atoms with Crippen molar-refractivity contribution in [3.63, 3.8) is 0 Å². The first kappa shape index (κ1) is 14.2. The minimum absolute atomic E-state index is 0.109. The van der Waals surface area contributed by atoms with Crippen LogP contribution in [0.15, 0.2) is 29.1 Å². The van der Waals surface area contributed by atoms with Crippen molar-refractivity contribution in [1.29, 1.82) is 0 Å². The zero-order valence-corrected chi connectivity index (χ0v) is 13.3. The first-order chi connectivity index (χ1) is 11.1. The fourth-order valence-electron chi connectivity index (χ4n) is 3.31. The molecule has 3 heterocycles. The maximum absolute atomic E-state index is 12.4. The number of aromatic nitrogens is 3. The predicted molar refractivity (Wildman–Crippen MR) is 90.4 cm³/mol. The van der Waals surface area contributed by atoms with E-state index in [9.17, 15) is 9.90 Å². The van der Waals surface area contributed by atoms with Gasteiger partial charge in [-0.1, -0.05) is 18.2 Å². The molecule has 2 aromatic heterocycles. The molecule has 0 saturated heterocycles. The molecule has 1 aromatic carbocycles. The van der Waals surface area contributed by atoms with Crippen LogP contribution in [-0.4, -0.2) is 26.2 Å². The van der Waals surface area contributed by atoms with E-state index in [1.165, 1.54) is 10.1 Å². The Balaban J connectivity index is 1.99. The summed E-state index contributed by atoms with van der Waals surface area (Å²) in [5.41, 5.74) is 3.07. The van der Waals surface area contributed by atoms with Crippen LogP contribution in [0, 0.1) is 4.77 Å². The SMILES string of the molecule is Cn1c(O)c([C@@H]2NCCc3c2[nH]c2ccccc32)c(=O)[nH]c1=S. The number of para-hydroxylation sites is 1. The lowest BCUT2D eigenvalue weighted by molar-refractivity contribution is 0.401. The third-order valence-electron chi connectivity index (χ3n) is 4.48. The average Bonchev–Trinajstić information content (AvgIpc) is 2.92. The second-order valence-electron chi connectivity index (χ2n) is 5.76. The molecule has 0 radical (unpaired) electrons. The highest BCUT2D eigenvalue weighted by molar-refractivity contribution is 7.71. The van der Waals surface area contributed by atoms with Gasteiger partial charge in [0.1, 0.15) is 5.56 Å². The molecule has 23 heavy (non-hydrogen) atoms. The van der Waals surface area contributed by atoms with Crippen LogP contribution in [-0.2, 0) is 13.5 Å². The number of H-pyrrole nitrogens is 2. The van der Waals surface area contributed by atoms with E-state index in [0.717, 1.165) is 29.6 Å². The van der Waals surface area contributed by atoms with E-state index >= 15 is 0 Å². The molecular weight excluding hydrogens is 312 g/mol. The standard InChI is InChI=1S/C16H16N4O2S/c1-20-15(22)11(14(21)19-16(20)23)13-12-9(6-7-17-13)8-4-2-3-5-10(8)18-12/h2-5,13,17-18,22H,6-7H2,1H3,(H,19,21,23)/t13-/m0/s1. The summed E-state index contributed by atoms with van der Waals surface area (Å²) in [4.78, 5) is 18.4. The lowest BCUT2D eigenvalue weighted by atomic mass is 9.95. The Kier molecular flexibility index (Phi) is 3.14. The van der Waals surface area contributed by atoms with Crippen molar-refractivity contribution in [1.82, 2.24) is 19.9 Å². The van der Waals surface area contributed by atoms with Gasteiger partial charge in [-0.15, -0.1) is 0 Å². The van der Waals surface area contributed by atoms with Crippen molar-refractivity contribution in [3.8, 4) is 5.88 Å². The summed E-state index contributed by atoms with van der Waals surface area (Å²) in [7, 11) is 1.63. The Hall–Kier alpha value is -2.38. The summed E-state index contributed by atoms with van der Waals surface area (Å²) in [6.45, 7) is 0.734. The fraction of sp³-hybridized carbons (Fsp3) is 0.250. The monoisotopic (exact) mass is 328 g/mol. The first-order valence-electron chi connectivity index (χ1n) is 7.43. The van der Waals surface area contributed by atoms with Gasteiger partial charge in [-0.25, -0.2) is 0 Å². The Morgan fingerprint density at radius 3 is 2.91 bits per heavy atom. The van der Waals surface area contributed by atoms with Crippen LogP contribution in [0.25, 0.3) is 10.9 Å². The molecule has 0 amide bonds. The molecule has 0 saturated carbocycles. The van der Waals surface area contributed by atoms with E-state index in [0.29, 0.717) is 0 Å². The van der Waals surface area contributed by atoms with E-state index in [2.05, 4.69) is 21.4 Å². The Bertz CT molecular complexity index is 1030. The van der Waals surface area contributed by atoms with Crippen molar-refractivity contribution < 1.29 is 5.11 Å². The van der Waals surface area contributed by atoms with Gasteiger partial charge >= 0.3 is 0 Å². The summed E-state index contributed by atoms with van der Waals surface area (Å²) < 4.78 is 1.61. The van der Waals surface area contributed by atoms with Gasteiger partial charge in [0.25, 0.3) is 5.56 Å². The third-order valence-corrected chi connectivity index (χ3v) is 4.85. The number of rotatable bonds is 1. The molecule has 0 aliphatic carbocycles. The molecule has 0 unspecified atom stereocenters. The highest BCUT2D eigenvalue weighted by Crippen LogP contribution is 2.34. The minimum Gasteiger partial charge on any atom is -0.494 e. The maximum Gasteiger partial charge on any atom is 0.260 e. The first-order valence-corrected chi connectivity index (χ1v) is 7.84. The Morgan fingerprint density at radius 1 is 1.30 bits per heavy atom. The third kappa shape index (κ3) is 2.04. The quantitative estimate of drug-likeness (QED) is 0.514. The van der Waals surface area contributed by atoms with Gasteiger partial charge < -0.3 is 15.4 Å². The summed E-state index contributed by atoms with van der Waals surface area (Å²) >= 11 is 5.04. The van der Waals surface area contributed by atoms with Crippen LogP contribution < -0.4 is 10.9 Å². The molecular formula is C16H16N4O2S. The molecule has 6 nitrogen and oxygen atoms in total. The van der Waals surface area contributed by atoms with E-state index < -0.39 is 6.04 Å². The van der Waals surface area contributed by atoms with Crippen molar-refractivity contribution in [2.45, 2.75) is 12.5 Å². The summed E-state index contributed by atoms with van der Waals surface area (Å²) in [6, 6.07) is 7.67. The topological polar surface area (TPSA) is 85.8 Å². The summed E-state index contributed by atoms with van der Waals surface area (Å²) in [5.74, 6) is -0.109. The van der Waals surface area contributed by atoms with Crippen molar-refractivity contribution in [2.24, 2.45) is 7.05 Å². The number of aromatic hydroxyl groups is 1. The molecule has 1 atom stereocenters. The van der Waals surface area contributed by atoms with Gasteiger partial charge in [-0.05, 0) is 30.3 Å². The molecule has 3 aromatic rings. The van der Waals surface area contributed by atoms with Crippen LogP contribution in [0.4, 0.5) is 0 Å². The molecule has 1 aliphatic heterocycles. The second kappa shape index (κ2) is 5.07. The van der Waals surface area contributed by atoms with Gasteiger partial charge in [0.05, 0.1) is 6.04 Å². The Labute approximate surface area is 136 Å². The highest BCUT2D eigenvalue weighted by atomic mass is 32.1. The average molecular weight is 328 g/mol. The normalized spacial score (nSPS) is 17.3. The molecule has 4 rings (SSSR count). The molecule has 4 N–H and O–H groups in total. The molecule has 118 valence electrons. The smallest absolute Gasteiger partial charge is 0.260 e. The predicted octanol–water partition coefficient (Wildman–Crippen LogP) is 1.86. The Morgan fingerprint density at radius 2 is 2.09 bits per heavy atom. The van der Waals surface area contributed by atoms with Crippen LogP contribution in [0.3, 0.4) is 0 Å². The van der Waals surface area contributed by atoms with E-state index in [1.807, 2.05) is 18.2 Å². The zero-order chi connectivity index (χ0) is 16.1. The van der Waals surface area contributed by atoms with Crippen molar-refractivity contribution >= 4 is 23.1 Å². The van der Waals surface area contributed by atoms with Gasteiger partial charge in [0.15, 0.2) is 4.77 Å². The largest absolute Gasteiger partial charge is 0.494 e. The van der Waals surface area contributed by atoms with Crippen molar-refractivity contribution in [3.05, 3.63) is 56.2 Å². The molecule has 7 heteroatoms. The fourth-order valence-corrected chi connectivity index (χ4v) is 3.49. The number of nitrogens with one attached hydrogen (secondary N) is 3. The highest BCUT2D eigenvalue weighted by Gasteiger charge is 2.30. The molecule has 0 spiro atoms. The van der Waals surface area contributed by atoms with Crippen LogP contribution in [0.2, 0.25) is 0 Å². The van der Waals surface area contributed by atoms with Crippen LogP contribution in [0.5, 0.6) is 5.88 Å². The number of benzene rings is 1. The molecule has 0 bridgehead atoms. The van der Waals surface area contributed by atoms with Gasteiger partial charge in [-0.3, -0.25) is 14.3 Å². The minimum atomic E-state index is -0.392. The van der Waals surface area contributed by atoms with Crippen LogP contribution in [0.1, 0.15) is 22.9 Å². The molecule has 0 fully saturated rings. The number of hydrogen-bond donors (Lipinski definition) is 4. The number of hydrogen-bond acceptors (Lipinski definition) is 4. The lowest BCUT2D eigenvalue weighted by Crippen LogP contribution is -2.35. The van der Waals surface area contributed by atoms with Crippen LogP contribution >= 0.6 is 12.2 Å². The van der Waals surface area contributed by atoms with Gasteiger partial charge in [0.2, 0.25) is 5.88 Å². The second-order valence-corrected chi connectivity index (χ2v) is 6.14. The van der Waals surface area contributed by atoms with Crippen molar-refractivity contribution in [2.75, 3.05) is 6.54 Å². The number of nitrogens with zero attached hydrogens (tertiary/aromatic N) is 1. The lowest BCUT2D eigenvalue weighted by Gasteiger charge is -2.25. The summed E-state index contributed by atoms with van der Waals surface area (Å²) in [6.07, 6.45) is 0.875. The van der Waals surface area contributed by atoms with Gasteiger partial charge in [0, 0.05) is 30.2 Å². The molecule has 1 aliphatic rings.